The van der Waals surface area contributed by atoms with Crippen LogP contribution in [-0.4, -0.2) is 40.3 Å². The first-order valence-electron chi connectivity index (χ1n) is 9.06. The number of carboxylic acid groups (broad SMARTS) is 1. The van der Waals surface area contributed by atoms with Gasteiger partial charge in [0, 0.05) is 6.07 Å². The van der Waals surface area contributed by atoms with Crippen molar-refractivity contribution in [2.75, 3.05) is 0 Å². The molecule has 3 rings (SSSR count). The molecule has 1 heterocycles. The number of hydrogen-bond donors (Lipinski definition) is 4. The largest absolute Gasteiger partial charge is 0.493 e. The topological polar surface area (TPSA) is 165 Å². The number of nitrogens with two attached hydrogens (primary N) is 1. The lowest BCUT2D eigenvalue weighted by Gasteiger charge is -2.18. The zero-order chi connectivity index (χ0) is 22.8. The maximum atomic E-state index is 12.7. The Balaban J connectivity index is 1.87. The van der Waals surface area contributed by atoms with Gasteiger partial charge in [-0.1, -0.05) is 24.3 Å². The van der Waals surface area contributed by atoms with Crippen LogP contribution in [0.25, 0.3) is 5.69 Å². The van der Waals surface area contributed by atoms with Crippen LogP contribution in [0, 0.1) is 6.92 Å². The first-order valence-corrected chi connectivity index (χ1v) is 10.6. The van der Waals surface area contributed by atoms with E-state index < -0.39 is 27.9 Å². The van der Waals surface area contributed by atoms with Gasteiger partial charge in [0.25, 0.3) is 5.91 Å². The fourth-order valence-corrected chi connectivity index (χ4v) is 3.59. The maximum absolute atomic E-state index is 12.7. The third-order valence-corrected chi connectivity index (χ3v) is 5.51. The lowest BCUT2D eigenvalue weighted by molar-refractivity contribution is -0.137. The number of sulfonamides is 1. The van der Waals surface area contributed by atoms with Crippen LogP contribution >= 0.6 is 0 Å². The number of carbonyl (C=O) groups is 2. The second-order valence-corrected chi connectivity index (χ2v) is 8.38. The highest BCUT2D eigenvalue weighted by atomic mass is 32.2. The lowest BCUT2D eigenvalue weighted by atomic mass is 9.98. The molecule has 0 radical (unpaired) electrons. The van der Waals surface area contributed by atoms with Gasteiger partial charge in [0.2, 0.25) is 15.9 Å². The Bertz CT molecular complexity index is 1230. The monoisotopic (exact) mass is 444 g/mol. The van der Waals surface area contributed by atoms with Gasteiger partial charge in [-0.05, 0) is 42.3 Å². The highest BCUT2D eigenvalue weighted by Crippen LogP contribution is 2.23. The summed E-state index contributed by atoms with van der Waals surface area (Å²) in [7, 11) is -3.88. The van der Waals surface area contributed by atoms with Crippen molar-refractivity contribution < 1.29 is 28.2 Å². The van der Waals surface area contributed by atoms with Crippen molar-refractivity contribution in [3.8, 4) is 11.6 Å². The highest BCUT2D eigenvalue weighted by Gasteiger charge is 2.23. The zero-order valence-electron chi connectivity index (χ0n) is 16.4. The molecule has 0 bridgehead atoms. The molecule has 2 aromatic carbocycles. The number of amides is 1. The number of carboxylic acids is 1. The van der Waals surface area contributed by atoms with Gasteiger partial charge in [-0.3, -0.25) is 9.59 Å². The van der Waals surface area contributed by atoms with Crippen LogP contribution < -0.4 is 10.5 Å². The van der Waals surface area contributed by atoms with Crippen LogP contribution in [0.15, 0.2) is 59.5 Å². The quantitative estimate of drug-likeness (QED) is 0.428. The van der Waals surface area contributed by atoms with E-state index in [9.17, 15) is 28.2 Å². The van der Waals surface area contributed by atoms with Crippen molar-refractivity contribution >= 4 is 21.9 Å². The molecular formula is C20H20N4O6S. The summed E-state index contributed by atoms with van der Waals surface area (Å²) in [5.41, 5.74) is 1.62. The zero-order valence-corrected chi connectivity index (χ0v) is 17.2. The number of aryl methyl sites for hydroxylation is 1. The number of carbonyl (C=O) groups excluding carboxylic acids is 1. The smallest absolute Gasteiger partial charge is 0.305 e. The Hall–Kier alpha value is -3.70. The van der Waals surface area contributed by atoms with Gasteiger partial charge in [-0.25, -0.2) is 18.2 Å². The second kappa shape index (κ2) is 8.58. The Morgan fingerprint density at radius 3 is 2.39 bits per heavy atom. The van der Waals surface area contributed by atoms with Crippen molar-refractivity contribution in [1.29, 1.82) is 0 Å². The first-order chi connectivity index (χ1) is 14.6. The Morgan fingerprint density at radius 1 is 1.16 bits per heavy atom. The summed E-state index contributed by atoms with van der Waals surface area (Å²) in [6, 6.07) is 12.6. The summed E-state index contributed by atoms with van der Waals surface area (Å²) in [5.74, 6) is -2.12. The predicted octanol–water partition coefficient (Wildman–Crippen LogP) is 1.48. The number of aromatic nitrogens is 2. The molecule has 3 aromatic rings. The van der Waals surface area contributed by atoms with E-state index in [1.807, 2.05) is 13.0 Å². The van der Waals surface area contributed by atoms with Crippen LogP contribution in [0.1, 0.15) is 34.1 Å². The highest BCUT2D eigenvalue weighted by molar-refractivity contribution is 7.89. The molecule has 31 heavy (non-hydrogen) atoms. The Labute approximate surface area is 178 Å². The van der Waals surface area contributed by atoms with Gasteiger partial charge in [0.1, 0.15) is 0 Å². The van der Waals surface area contributed by atoms with Crippen LogP contribution in [0.3, 0.4) is 0 Å². The van der Waals surface area contributed by atoms with Gasteiger partial charge in [-0.2, -0.15) is 5.10 Å². The number of nitrogens with one attached hydrogen (secondary N) is 1. The molecule has 1 atom stereocenters. The molecule has 0 aliphatic rings. The van der Waals surface area contributed by atoms with Crippen molar-refractivity contribution in [2.45, 2.75) is 24.3 Å². The number of aromatic hydroxyl groups is 1. The molecule has 5 N–H and O–H groups in total. The molecule has 0 aliphatic carbocycles. The van der Waals surface area contributed by atoms with Crippen LogP contribution in [0.2, 0.25) is 0 Å². The van der Waals surface area contributed by atoms with E-state index in [1.165, 1.54) is 24.3 Å². The summed E-state index contributed by atoms with van der Waals surface area (Å²) in [6.45, 7) is 1.81. The first kappa shape index (κ1) is 22.0. The minimum atomic E-state index is -3.88. The lowest BCUT2D eigenvalue weighted by Crippen LogP contribution is -2.31. The summed E-state index contributed by atoms with van der Waals surface area (Å²) in [6.07, 6.45) is -0.335. The fourth-order valence-electron chi connectivity index (χ4n) is 3.07. The van der Waals surface area contributed by atoms with Crippen molar-refractivity contribution in [3.63, 3.8) is 0 Å². The standard InChI is InChI=1S/C20H20N4O6S/c1-12-4-2-3-5-15(12)16(11-19(26)27)22-20(28)17-10-18(25)24(23-17)13-6-8-14(9-7-13)31(21,29)30/h2-10,16,25H,11H2,1H3,(H,22,28)(H,26,27)(H2,21,29,30)/t16-/m0/s1. The maximum Gasteiger partial charge on any atom is 0.305 e. The number of primary sulfonamides is 1. The SMILES string of the molecule is Cc1ccccc1[C@H](CC(=O)O)NC(=O)c1cc(O)n(-c2ccc(S(N)(=O)=O)cc2)n1. The van der Waals surface area contributed by atoms with E-state index in [0.29, 0.717) is 11.3 Å². The van der Waals surface area contributed by atoms with E-state index in [1.54, 1.807) is 18.2 Å². The molecule has 0 fully saturated rings. The third kappa shape index (κ3) is 5.08. The number of nitrogens with zero attached hydrogens (tertiary/aromatic N) is 2. The Morgan fingerprint density at radius 2 is 1.81 bits per heavy atom. The van der Waals surface area contributed by atoms with E-state index in [4.69, 9.17) is 5.14 Å². The van der Waals surface area contributed by atoms with Crippen LogP contribution in [-0.2, 0) is 14.8 Å². The van der Waals surface area contributed by atoms with E-state index >= 15 is 0 Å². The number of aliphatic carboxylic acids is 1. The van der Waals surface area contributed by atoms with E-state index in [0.717, 1.165) is 16.3 Å². The number of rotatable bonds is 7. The summed E-state index contributed by atoms with van der Waals surface area (Å²) in [4.78, 5) is 23.9. The van der Waals surface area contributed by atoms with Gasteiger partial charge < -0.3 is 15.5 Å². The molecule has 162 valence electrons. The summed E-state index contributed by atoms with van der Waals surface area (Å²) in [5, 5.41) is 31.2. The van der Waals surface area contributed by atoms with E-state index in [-0.39, 0.29) is 22.9 Å². The van der Waals surface area contributed by atoms with Crippen LogP contribution in [0.4, 0.5) is 0 Å². The summed E-state index contributed by atoms with van der Waals surface area (Å²) < 4.78 is 23.8. The van der Waals surface area contributed by atoms with Gasteiger partial charge >= 0.3 is 5.97 Å². The van der Waals surface area contributed by atoms with Gasteiger partial charge in [0.15, 0.2) is 5.69 Å². The second-order valence-electron chi connectivity index (χ2n) is 6.82. The van der Waals surface area contributed by atoms with Crippen LogP contribution in [0.5, 0.6) is 5.88 Å². The van der Waals surface area contributed by atoms with Gasteiger partial charge in [0.05, 0.1) is 23.0 Å². The molecule has 0 saturated carbocycles. The average molecular weight is 444 g/mol. The van der Waals surface area contributed by atoms with Crippen molar-refractivity contribution in [2.24, 2.45) is 5.14 Å². The summed E-state index contributed by atoms with van der Waals surface area (Å²) >= 11 is 0. The van der Waals surface area contributed by atoms with Gasteiger partial charge in [-0.15, -0.1) is 0 Å². The number of hydrogen-bond acceptors (Lipinski definition) is 6. The minimum absolute atomic E-state index is 0.115. The molecule has 0 spiro atoms. The minimum Gasteiger partial charge on any atom is -0.493 e. The third-order valence-electron chi connectivity index (χ3n) is 4.58. The molecule has 0 saturated heterocycles. The molecule has 1 amide bonds. The molecule has 11 heteroatoms. The predicted molar refractivity (Wildman–Crippen MR) is 110 cm³/mol. The normalized spacial score (nSPS) is 12.3. The van der Waals surface area contributed by atoms with Crippen molar-refractivity contribution in [3.05, 3.63) is 71.4 Å². The molecule has 0 aliphatic heterocycles. The fraction of sp³-hybridized carbons (Fsp3) is 0.150. The van der Waals surface area contributed by atoms with Crippen molar-refractivity contribution in [1.82, 2.24) is 15.1 Å². The molecule has 10 nitrogen and oxygen atoms in total. The molecule has 0 unspecified atom stereocenters. The number of benzene rings is 2. The molecule has 1 aromatic heterocycles. The molecular weight excluding hydrogens is 424 g/mol. The average Bonchev–Trinajstić information content (AvgIpc) is 3.09. The van der Waals surface area contributed by atoms with E-state index in [2.05, 4.69) is 10.4 Å². The Kier molecular flexibility index (Phi) is 6.09.